The smallest absolute Gasteiger partial charge is 0.121 e. The molecule has 12 rings (SSSR count). The van der Waals surface area contributed by atoms with Crippen LogP contribution in [0.4, 0.5) is 0 Å². The van der Waals surface area contributed by atoms with E-state index < -0.39 is 13.7 Å². The molecule has 0 aliphatic rings. The molecule has 0 aliphatic carbocycles. The summed E-state index contributed by atoms with van der Waals surface area (Å²) in [6.45, 7) is 24.5. The van der Waals surface area contributed by atoms with Gasteiger partial charge in [0.15, 0.2) is 0 Å². The number of aromatic nitrogens is 3. The van der Waals surface area contributed by atoms with E-state index in [1.165, 1.54) is 44.7 Å². The number of imidazole rings is 1. The van der Waals surface area contributed by atoms with Crippen molar-refractivity contribution in [2.24, 2.45) is 0 Å². The molecular formula is C76H75IrN3O-2. The number of fused-ring (bicyclic) bond motifs is 7. The summed E-state index contributed by atoms with van der Waals surface area (Å²) < 4.78 is 57.5. The van der Waals surface area contributed by atoms with Crippen LogP contribution in [0, 0.1) is 25.8 Å². The van der Waals surface area contributed by atoms with Gasteiger partial charge in [-0.2, -0.15) is 0 Å². The van der Waals surface area contributed by atoms with Crippen molar-refractivity contribution >= 4 is 54.5 Å². The molecule has 0 saturated carbocycles. The van der Waals surface area contributed by atoms with Gasteiger partial charge in [0.05, 0.1) is 22.4 Å². The van der Waals surface area contributed by atoms with E-state index in [0.29, 0.717) is 33.6 Å². The second kappa shape index (κ2) is 21.8. The van der Waals surface area contributed by atoms with Crippen molar-refractivity contribution in [1.29, 1.82) is 0 Å². The molecule has 0 bridgehead atoms. The van der Waals surface area contributed by atoms with E-state index in [-0.39, 0.29) is 53.7 Å². The first-order chi connectivity index (χ1) is 40.4. The Labute approximate surface area is 502 Å². The molecular weight excluding hydrogens is 1160 g/mol. The summed E-state index contributed by atoms with van der Waals surface area (Å²) in [6.07, 6.45) is 1.78. The predicted octanol–water partition coefficient (Wildman–Crippen LogP) is 21.3. The Morgan fingerprint density at radius 1 is 0.543 bits per heavy atom. The summed E-state index contributed by atoms with van der Waals surface area (Å²) >= 11 is 0. The first kappa shape index (κ1) is 49.4. The van der Waals surface area contributed by atoms with Gasteiger partial charge in [0.2, 0.25) is 0 Å². The van der Waals surface area contributed by atoms with Crippen LogP contribution in [0.2, 0.25) is 0 Å². The molecule has 0 amide bonds. The van der Waals surface area contributed by atoms with Crippen LogP contribution in [0.15, 0.2) is 174 Å². The van der Waals surface area contributed by atoms with Crippen molar-refractivity contribution in [1.82, 2.24) is 14.5 Å². The Balaban J connectivity index is 0.000000339. The van der Waals surface area contributed by atoms with Gasteiger partial charge in [0.1, 0.15) is 5.58 Å². The van der Waals surface area contributed by atoms with Gasteiger partial charge < -0.3 is 14.0 Å². The van der Waals surface area contributed by atoms with Crippen LogP contribution < -0.4 is 0 Å². The second-order valence-electron chi connectivity index (χ2n) is 25.4. The van der Waals surface area contributed by atoms with Gasteiger partial charge in [-0.1, -0.05) is 205 Å². The van der Waals surface area contributed by atoms with E-state index in [4.69, 9.17) is 17.6 Å². The average molecular weight is 1240 g/mol. The van der Waals surface area contributed by atoms with Crippen molar-refractivity contribution in [3.8, 4) is 50.6 Å². The fraction of sp³-hybridized carbons (Fsp3) is 0.263. The maximum absolute atomic E-state index is 8.81. The Hall–Kier alpha value is -7.43. The van der Waals surface area contributed by atoms with Crippen LogP contribution in [0.3, 0.4) is 0 Å². The van der Waals surface area contributed by atoms with Crippen molar-refractivity contribution in [2.45, 2.75) is 132 Å². The molecule has 411 valence electrons. The van der Waals surface area contributed by atoms with Crippen molar-refractivity contribution < 1.29 is 32.7 Å². The van der Waals surface area contributed by atoms with Crippen molar-refractivity contribution in [2.75, 3.05) is 0 Å². The zero-order valence-corrected chi connectivity index (χ0v) is 51.3. The number of para-hydroxylation sites is 1. The number of hydrogen-bond acceptors (Lipinski definition) is 3. The van der Waals surface area contributed by atoms with Gasteiger partial charge in [-0.15, -0.1) is 53.6 Å². The van der Waals surface area contributed by atoms with Crippen molar-refractivity contribution in [3.05, 3.63) is 221 Å². The van der Waals surface area contributed by atoms with Gasteiger partial charge in [0, 0.05) is 45.6 Å². The zero-order valence-electron chi connectivity index (χ0n) is 54.9. The van der Waals surface area contributed by atoms with Crippen LogP contribution in [0.5, 0.6) is 0 Å². The average Bonchev–Trinajstić information content (AvgIpc) is 1.67. The van der Waals surface area contributed by atoms with Gasteiger partial charge >= 0.3 is 0 Å². The predicted molar refractivity (Wildman–Crippen MR) is 341 cm³/mol. The Kier molecular flexibility index (Phi) is 13.3. The summed E-state index contributed by atoms with van der Waals surface area (Å²) in [5, 5.41) is 6.57. The number of nitrogens with zero attached hydrogens (tertiary/aromatic N) is 3. The molecule has 0 N–H and O–H groups in total. The number of furan rings is 1. The number of rotatable bonds is 7. The van der Waals surface area contributed by atoms with E-state index in [0.717, 1.165) is 66.3 Å². The van der Waals surface area contributed by atoms with Gasteiger partial charge in [-0.3, -0.25) is 4.98 Å². The molecule has 0 unspecified atom stereocenters. The minimum Gasteiger partial charge on any atom is -0.501 e. The maximum Gasteiger partial charge on any atom is 0.121 e. The molecule has 0 saturated heterocycles. The molecule has 0 atom stereocenters. The van der Waals surface area contributed by atoms with Crippen LogP contribution in [-0.2, 0) is 36.4 Å². The first-order valence-electron chi connectivity index (χ1n) is 31.1. The largest absolute Gasteiger partial charge is 0.501 e. The van der Waals surface area contributed by atoms with E-state index in [9.17, 15) is 0 Å². The van der Waals surface area contributed by atoms with Gasteiger partial charge in [-0.05, 0) is 154 Å². The Morgan fingerprint density at radius 3 is 1.81 bits per heavy atom. The molecule has 1 radical (unpaired) electrons. The summed E-state index contributed by atoms with van der Waals surface area (Å²) in [6, 6.07) is 62.7. The maximum atomic E-state index is 8.81. The van der Waals surface area contributed by atoms with Gasteiger partial charge in [-0.25, -0.2) is 0 Å². The van der Waals surface area contributed by atoms with Crippen molar-refractivity contribution in [3.63, 3.8) is 0 Å². The third-order valence-corrected chi connectivity index (χ3v) is 15.8. The minimum atomic E-state index is -2.40. The van der Waals surface area contributed by atoms with Crippen LogP contribution in [-0.4, -0.2) is 14.5 Å². The number of benzene rings is 9. The topological polar surface area (TPSA) is 43.9 Å². The van der Waals surface area contributed by atoms with Crippen LogP contribution in [0.1, 0.15) is 149 Å². The fourth-order valence-electron chi connectivity index (χ4n) is 11.0. The summed E-state index contributed by atoms with van der Waals surface area (Å²) in [4.78, 5) is 9.68. The molecule has 12 aromatic rings. The molecule has 0 fully saturated rings. The Bertz CT molecular complexity index is 4480. The normalized spacial score (nSPS) is 13.7. The van der Waals surface area contributed by atoms with E-state index in [1.54, 1.807) is 30.5 Å². The van der Waals surface area contributed by atoms with Crippen LogP contribution >= 0.6 is 0 Å². The molecule has 3 aromatic heterocycles. The number of aryl methyl sites for hydroxylation is 2. The standard InChI is InChI=1S/C60H57N2O.C16H18N.Ir/c1-35(2)49-31-43(39-24-22-38(23-25-39)42-28-44(59(6,7)8)33-45(29-42)60(9,10)11)32-50(36(3)4)56(49)62-55-37(5)16-14-21-53(55)61-58(62)48-20-15-19-47-52-30-41-27-26-40-17-12-13-18-46(40)51(41)34-54(52)63-57(47)48;1-12-5-7-13(8-6-12)15-11-14(9-10-17-15)16(2,3)4;/h12-19,21-36H,1-11H3;5-7,9-11H,1-4H3;/q2*-1;/i5D3;1D3;. The third kappa shape index (κ3) is 11.1. The fourth-order valence-corrected chi connectivity index (χ4v) is 11.0. The monoisotopic (exact) mass is 1240 g/mol. The first-order valence-corrected chi connectivity index (χ1v) is 28.1. The SMILES string of the molecule is [2H]C([2H])([2H])c1c[c-]c(-c2cc(C(C)(C)C)ccn2)cc1.[2H]C([2H])([2H])c1cccc2nc(-c3[c-]ccc4c3oc3cc5c(ccc6ccccc65)cc34)n(-c3c(C(C)C)cc(-c4ccc(-c5cc(C(C)(C)C)cc(C(C)(C)C)c5)cc4)cc3C(C)C)c12.[Ir]. The Morgan fingerprint density at radius 2 is 1.20 bits per heavy atom. The molecule has 5 heteroatoms. The molecule has 0 spiro atoms. The number of pyridine rings is 1. The summed E-state index contributed by atoms with van der Waals surface area (Å²) in [7, 11) is 0. The van der Waals surface area contributed by atoms with Crippen LogP contribution in [0.25, 0.3) is 105 Å². The molecule has 9 aromatic carbocycles. The molecule has 0 aliphatic heterocycles. The molecule has 4 nitrogen and oxygen atoms in total. The summed E-state index contributed by atoms with van der Waals surface area (Å²) in [5.41, 5.74) is 17.2. The second-order valence-corrected chi connectivity index (χ2v) is 25.4. The minimum absolute atomic E-state index is 0. The molecule has 3 heterocycles. The molecule has 81 heavy (non-hydrogen) atoms. The van der Waals surface area contributed by atoms with Gasteiger partial charge in [0.25, 0.3) is 0 Å². The summed E-state index contributed by atoms with van der Waals surface area (Å²) in [5.74, 6) is 0.742. The zero-order chi connectivity index (χ0) is 61.6. The van der Waals surface area contributed by atoms with E-state index in [1.807, 2.05) is 24.3 Å². The number of hydrogen-bond donors (Lipinski definition) is 0. The van der Waals surface area contributed by atoms with E-state index in [2.05, 4.69) is 221 Å². The third-order valence-electron chi connectivity index (χ3n) is 15.8. The quantitative estimate of drug-likeness (QED) is 0.118. The van der Waals surface area contributed by atoms with E-state index >= 15 is 0 Å².